The minimum absolute atomic E-state index is 0.159. The summed E-state index contributed by atoms with van der Waals surface area (Å²) in [6, 6.07) is 6.74. The molecule has 18 heavy (non-hydrogen) atoms. The molecule has 1 aliphatic heterocycles. The fourth-order valence-electron chi connectivity index (χ4n) is 2.13. The molecule has 1 fully saturated rings. The van der Waals surface area contributed by atoms with Crippen molar-refractivity contribution < 1.29 is 18.7 Å². The lowest BCUT2D eigenvalue weighted by Crippen LogP contribution is -2.17. The van der Waals surface area contributed by atoms with Crippen LogP contribution in [0.15, 0.2) is 29.2 Å². The van der Waals surface area contributed by atoms with Crippen LogP contribution < -0.4 is 5.32 Å². The standard InChI is InChI=1S/C12H13F2NO2S/c13-12(14)18-10-4-2-1-3-8(10)9-5-7(6-15-9)11(16)17/h1-4,7,9,12,15H,5-6H2,(H,16,17). The molecule has 1 aromatic carbocycles. The van der Waals surface area contributed by atoms with Crippen molar-refractivity contribution in [1.29, 1.82) is 0 Å². The van der Waals surface area contributed by atoms with E-state index in [1.165, 1.54) is 0 Å². The van der Waals surface area contributed by atoms with Crippen molar-refractivity contribution in [3.05, 3.63) is 29.8 Å². The number of thioether (sulfide) groups is 1. The number of carboxylic acid groups (broad SMARTS) is 1. The quantitative estimate of drug-likeness (QED) is 0.828. The smallest absolute Gasteiger partial charge is 0.307 e. The fraction of sp³-hybridized carbons (Fsp3) is 0.417. The molecule has 2 atom stereocenters. The van der Waals surface area contributed by atoms with Crippen LogP contribution in [0.5, 0.6) is 0 Å². The first-order valence-corrected chi connectivity index (χ1v) is 6.46. The van der Waals surface area contributed by atoms with Gasteiger partial charge in [-0.2, -0.15) is 8.78 Å². The molecule has 0 bridgehead atoms. The van der Waals surface area contributed by atoms with E-state index in [2.05, 4.69) is 5.32 Å². The van der Waals surface area contributed by atoms with Gasteiger partial charge in [0, 0.05) is 17.5 Å². The highest BCUT2D eigenvalue weighted by atomic mass is 32.2. The summed E-state index contributed by atoms with van der Waals surface area (Å²) < 4.78 is 24.9. The molecule has 0 amide bonds. The highest BCUT2D eigenvalue weighted by Crippen LogP contribution is 2.36. The maximum absolute atomic E-state index is 12.4. The zero-order chi connectivity index (χ0) is 13.1. The first kappa shape index (κ1) is 13.3. The van der Waals surface area contributed by atoms with Gasteiger partial charge in [0.15, 0.2) is 0 Å². The predicted molar refractivity (Wildman–Crippen MR) is 64.8 cm³/mol. The van der Waals surface area contributed by atoms with Crippen molar-refractivity contribution in [3.8, 4) is 0 Å². The third-order valence-electron chi connectivity index (χ3n) is 2.99. The second kappa shape index (κ2) is 5.67. The van der Waals surface area contributed by atoms with Crippen molar-refractivity contribution in [2.45, 2.75) is 23.1 Å². The molecular weight excluding hydrogens is 260 g/mol. The number of hydrogen-bond donors (Lipinski definition) is 2. The Hall–Kier alpha value is -1.14. The van der Waals surface area contributed by atoms with E-state index in [0.29, 0.717) is 29.6 Å². The van der Waals surface area contributed by atoms with Gasteiger partial charge >= 0.3 is 5.97 Å². The maximum Gasteiger partial charge on any atom is 0.307 e. The number of aliphatic carboxylic acids is 1. The zero-order valence-electron chi connectivity index (χ0n) is 9.48. The van der Waals surface area contributed by atoms with Gasteiger partial charge in [0.2, 0.25) is 0 Å². The average molecular weight is 273 g/mol. The van der Waals surface area contributed by atoms with Crippen LogP contribution >= 0.6 is 11.8 Å². The molecule has 3 nitrogen and oxygen atoms in total. The van der Waals surface area contributed by atoms with Crippen molar-refractivity contribution in [1.82, 2.24) is 5.32 Å². The Morgan fingerprint density at radius 1 is 1.44 bits per heavy atom. The molecule has 6 heteroatoms. The first-order chi connectivity index (χ1) is 8.58. The molecule has 1 aliphatic rings. The van der Waals surface area contributed by atoms with Crippen molar-refractivity contribution in [3.63, 3.8) is 0 Å². The summed E-state index contributed by atoms with van der Waals surface area (Å²) in [7, 11) is 0. The van der Waals surface area contributed by atoms with Gasteiger partial charge in [0.25, 0.3) is 5.76 Å². The lowest BCUT2D eigenvalue weighted by atomic mass is 10.0. The molecule has 2 unspecified atom stereocenters. The Bertz CT molecular complexity index is 442. The van der Waals surface area contributed by atoms with Gasteiger partial charge in [0.1, 0.15) is 0 Å². The number of alkyl halides is 2. The molecular formula is C12H13F2NO2S. The van der Waals surface area contributed by atoms with Gasteiger partial charge in [-0.1, -0.05) is 30.0 Å². The normalized spacial score (nSPS) is 23.5. The van der Waals surface area contributed by atoms with Crippen molar-refractivity contribution in [2.75, 3.05) is 6.54 Å². The molecule has 98 valence electrons. The van der Waals surface area contributed by atoms with Gasteiger partial charge in [-0.05, 0) is 18.1 Å². The lowest BCUT2D eigenvalue weighted by Gasteiger charge is -2.15. The Kier molecular flexibility index (Phi) is 4.19. The number of hydrogen-bond acceptors (Lipinski definition) is 3. The molecule has 0 aliphatic carbocycles. The van der Waals surface area contributed by atoms with Crippen LogP contribution in [0.4, 0.5) is 8.78 Å². The van der Waals surface area contributed by atoms with Gasteiger partial charge in [-0.15, -0.1) is 0 Å². The molecule has 1 heterocycles. The minimum Gasteiger partial charge on any atom is -0.481 e. The van der Waals surface area contributed by atoms with Gasteiger partial charge in [-0.25, -0.2) is 0 Å². The lowest BCUT2D eigenvalue weighted by molar-refractivity contribution is -0.141. The molecule has 2 N–H and O–H groups in total. The Morgan fingerprint density at radius 2 is 2.17 bits per heavy atom. The number of halogens is 2. The summed E-state index contributed by atoms with van der Waals surface area (Å²) >= 11 is 0.501. The molecule has 1 aromatic rings. The number of nitrogens with one attached hydrogen (secondary N) is 1. The molecule has 0 radical (unpaired) electrons. The van der Waals surface area contributed by atoms with Crippen LogP contribution in [-0.4, -0.2) is 23.4 Å². The van der Waals surface area contributed by atoms with E-state index in [9.17, 15) is 13.6 Å². The van der Waals surface area contributed by atoms with Gasteiger partial charge in [0.05, 0.1) is 5.92 Å². The average Bonchev–Trinajstić information content (AvgIpc) is 2.78. The maximum atomic E-state index is 12.4. The summed E-state index contributed by atoms with van der Waals surface area (Å²) in [4.78, 5) is 11.4. The monoisotopic (exact) mass is 273 g/mol. The number of carboxylic acids is 1. The minimum atomic E-state index is -2.47. The number of benzene rings is 1. The van der Waals surface area contributed by atoms with E-state index in [4.69, 9.17) is 5.11 Å². The topological polar surface area (TPSA) is 49.3 Å². The van der Waals surface area contributed by atoms with Crippen molar-refractivity contribution >= 4 is 17.7 Å². The summed E-state index contributed by atoms with van der Waals surface area (Å²) in [6.45, 7) is 0.383. The summed E-state index contributed by atoms with van der Waals surface area (Å²) in [5, 5.41) is 12.0. The number of carbonyl (C=O) groups is 1. The number of rotatable bonds is 4. The molecule has 0 spiro atoms. The Morgan fingerprint density at radius 3 is 2.78 bits per heavy atom. The SMILES string of the molecule is O=C(O)C1CNC(c2ccccc2SC(F)F)C1. The van der Waals surface area contributed by atoms with E-state index in [0.717, 1.165) is 5.56 Å². The second-order valence-electron chi connectivity index (χ2n) is 4.15. The van der Waals surface area contributed by atoms with Crippen LogP contribution in [0.25, 0.3) is 0 Å². The molecule has 0 aromatic heterocycles. The largest absolute Gasteiger partial charge is 0.481 e. The highest BCUT2D eigenvalue weighted by Gasteiger charge is 2.31. The summed E-state index contributed by atoms with van der Waals surface area (Å²) in [5.74, 6) is -3.76. The van der Waals surface area contributed by atoms with E-state index < -0.39 is 17.6 Å². The van der Waals surface area contributed by atoms with Crippen LogP contribution in [0, 0.1) is 5.92 Å². The van der Waals surface area contributed by atoms with E-state index in [-0.39, 0.29) is 6.04 Å². The molecule has 0 saturated carbocycles. The van der Waals surface area contributed by atoms with E-state index in [1.54, 1.807) is 24.3 Å². The predicted octanol–water partition coefficient (Wildman–Crippen LogP) is 2.74. The Balaban J connectivity index is 2.16. The Labute approximate surface area is 108 Å². The van der Waals surface area contributed by atoms with Crippen LogP contribution in [0.3, 0.4) is 0 Å². The fourth-order valence-corrected chi connectivity index (χ4v) is 2.83. The third kappa shape index (κ3) is 3.00. The summed E-state index contributed by atoms with van der Waals surface area (Å²) in [6.07, 6.45) is 0.441. The van der Waals surface area contributed by atoms with Gasteiger partial charge in [-0.3, -0.25) is 4.79 Å². The van der Waals surface area contributed by atoms with Gasteiger partial charge < -0.3 is 10.4 Å². The van der Waals surface area contributed by atoms with Crippen LogP contribution in [0.2, 0.25) is 0 Å². The second-order valence-corrected chi connectivity index (χ2v) is 5.18. The van der Waals surface area contributed by atoms with Crippen molar-refractivity contribution in [2.24, 2.45) is 5.92 Å². The highest BCUT2D eigenvalue weighted by molar-refractivity contribution is 7.99. The first-order valence-electron chi connectivity index (χ1n) is 5.58. The third-order valence-corrected chi connectivity index (χ3v) is 3.79. The van der Waals surface area contributed by atoms with Crippen LogP contribution in [-0.2, 0) is 4.79 Å². The summed E-state index contributed by atoms with van der Waals surface area (Å²) in [5.41, 5.74) is 0.756. The molecule has 2 rings (SSSR count). The van der Waals surface area contributed by atoms with E-state index >= 15 is 0 Å². The zero-order valence-corrected chi connectivity index (χ0v) is 10.3. The molecule has 1 saturated heterocycles. The van der Waals surface area contributed by atoms with Crippen LogP contribution in [0.1, 0.15) is 18.0 Å². The van der Waals surface area contributed by atoms with E-state index in [1.807, 2.05) is 0 Å².